The summed E-state index contributed by atoms with van der Waals surface area (Å²) >= 11 is 0. The van der Waals surface area contributed by atoms with Gasteiger partial charge in [-0.05, 0) is 54.3 Å². The first-order valence-corrected chi connectivity index (χ1v) is 10.7. The van der Waals surface area contributed by atoms with Crippen LogP contribution in [0.2, 0.25) is 0 Å². The van der Waals surface area contributed by atoms with Crippen LogP contribution in [-0.4, -0.2) is 36.3 Å². The fraction of sp³-hybridized carbons (Fsp3) is 0.192. The third kappa shape index (κ3) is 3.46. The van der Waals surface area contributed by atoms with E-state index >= 15 is 0 Å². The molecule has 7 heteroatoms. The molecule has 2 heterocycles. The number of benzene rings is 3. The van der Waals surface area contributed by atoms with Crippen LogP contribution < -0.4 is 9.64 Å². The molecule has 2 aliphatic heterocycles. The summed E-state index contributed by atoms with van der Waals surface area (Å²) in [7, 11) is 1.46. The Labute approximate surface area is 190 Å². The standard InChI is InChI=1S/C26H21FN2O4/c1-33-22-12-11-16(15-29-24(30)18-8-2-3-9-19(18)25(29)31)14-20(22)26(32)28-13-5-7-17-6-4-10-21(27)23(17)28/h2-4,6,8-12,14H,5,7,13,15H2,1H3. The largest absolute Gasteiger partial charge is 0.496 e. The third-order valence-electron chi connectivity index (χ3n) is 6.13. The molecule has 0 unspecified atom stereocenters. The van der Waals surface area contributed by atoms with E-state index in [9.17, 15) is 18.8 Å². The zero-order chi connectivity index (χ0) is 23.1. The molecule has 0 bridgehead atoms. The van der Waals surface area contributed by atoms with Crippen molar-refractivity contribution in [3.63, 3.8) is 0 Å². The molecule has 5 rings (SSSR count). The van der Waals surface area contributed by atoms with Gasteiger partial charge in [0.05, 0.1) is 36.0 Å². The SMILES string of the molecule is COc1ccc(CN2C(=O)c3ccccc3C2=O)cc1C(=O)N1CCCc2cccc(F)c21. The van der Waals surface area contributed by atoms with E-state index in [4.69, 9.17) is 4.74 Å². The lowest BCUT2D eigenvalue weighted by molar-refractivity contribution is 0.0642. The molecule has 3 aromatic carbocycles. The smallest absolute Gasteiger partial charge is 0.262 e. The van der Waals surface area contributed by atoms with Gasteiger partial charge in [0.15, 0.2) is 0 Å². The van der Waals surface area contributed by atoms with Crippen molar-refractivity contribution in [3.8, 4) is 5.75 Å². The number of carbonyl (C=O) groups is 3. The van der Waals surface area contributed by atoms with E-state index in [1.54, 1.807) is 48.5 Å². The number of anilines is 1. The molecule has 0 atom stereocenters. The van der Waals surface area contributed by atoms with Crippen LogP contribution in [0.3, 0.4) is 0 Å². The topological polar surface area (TPSA) is 66.9 Å². The second-order valence-electron chi connectivity index (χ2n) is 8.08. The first-order valence-electron chi connectivity index (χ1n) is 10.7. The first-order chi connectivity index (χ1) is 16.0. The number of imide groups is 1. The summed E-state index contributed by atoms with van der Waals surface area (Å²) < 4.78 is 20.0. The maximum absolute atomic E-state index is 14.6. The highest BCUT2D eigenvalue weighted by Crippen LogP contribution is 2.33. The van der Waals surface area contributed by atoms with Gasteiger partial charge in [-0.3, -0.25) is 19.3 Å². The lowest BCUT2D eigenvalue weighted by Crippen LogP contribution is -2.36. The minimum absolute atomic E-state index is 0.0154. The Kier molecular flexibility index (Phi) is 5.17. The van der Waals surface area contributed by atoms with Gasteiger partial charge in [0.1, 0.15) is 11.6 Å². The summed E-state index contributed by atoms with van der Waals surface area (Å²) in [5.41, 5.74) is 2.67. The van der Waals surface area contributed by atoms with Crippen LogP contribution in [0.4, 0.5) is 10.1 Å². The fourth-order valence-electron chi connectivity index (χ4n) is 4.54. The lowest BCUT2D eigenvalue weighted by Gasteiger charge is -2.30. The van der Waals surface area contributed by atoms with E-state index in [1.807, 2.05) is 6.07 Å². The number of hydrogen-bond acceptors (Lipinski definition) is 4. The van der Waals surface area contributed by atoms with Crippen LogP contribution in [0.25, 0.3) is 0 Å². The van der Waals surface area contributed by atoms with E-state index < -0.39 is 5.82 Å². The summed E-state index contributed by atoms with van der Waals surface area (Å²) in [5.74, 6) is -1.23. The zero-order valence-corrected chi connectivity index (χ0v) is 18.0. The predicted octanol–water partition coefficient (Wildman–Crippen LogP) is 4.22. The van der Waals surface area contributed by atoms with Crippen molar-refractivity contribution in [1.82, 2.24) is 4.90 Å². The molecule has 3 aromatic rings. The third-order valence-corrected chi connectivity index (χ3v) is 6.13. The minimum Gasteiger partial charge on any atom is -0.496 e. The van der Waals surface area contributed by atoms with Crippen molar-refractivity contribution in [3.05, 3.63) is 94.3 Å². The van der Waals surface area contributed by atoms with Crippen LogP contribution in [-0.2, 0) is 13.0 Å². The van der Waals surface area contributed by atoms with Gasteiger partial charge < -0.3 is 9.64 Å². The second-order valence-corrected chi connectivity index (χ2v) is 8.08. The molecule has 0 N–H and O–H groups in total. The molecule has 166 valence electrons. The molecule has 0 fully saturated rings. The van der Waals surface area contributed by atoms with Gasteiger partial charge >= 0.3 is 0 Å². The minimum atomic E-state index is -0.443. The van der Waals surface area contributed by atoms with Gasteiger partial charge in [-0.15, -0.1) is 0 Å². The molecule has 33 heavy (non-hydrogen) atoms. The summed E-state index contributed by atoms with van der Waals surface area (Å²) in [6.07, 6.45) is 1.42. The van der Waals surface area contributed by atoms with Gasteiger partial charge in [0, 0.05) is 6.54 Å². The second kappa shape index (κ2) is 8.16. The normalized spacial score (nSPS) is 14.8. The number of amides is 3. The number of ether oxygens (including phenoxy) is 1. The Morgan fingerprint density at radius 2 is 1.73 bits per heavy atom. The molecule has 0 saturated heterocycles. The van der Waals surface area contributed by atoms with E-state index in [0.29, 0.717) is 41.1 Å². The van der Waals surface area contributed by atoms with Gasteiger partial charge in [0.2, 0.25) is 0 Å². The van der Waals surface area contributed by atoms with E-state index in [2.05, 4.69) is 0 Å². The zero-order valence-electron chi connectivity index (χ0n) is 18.0. The monoisotopic (exact) mass is 444 g/mol. The fourth-order valence-corrected chi connectivity index (χ4v) is 4.54. The van der Waals surface area contributed by atoms with Crippen molar-refractivity contribution in [2.45, 2.75) is 19.4 Å². The maximum Gasteiger partial charge on any atom is 0.262 e. The van der Waals surface area contributed by atoms with E-state index in [-0.39, 0.29) is 29.8 Å². The Morgan fingerprint density at radius 3 is 2.42 bits per heavy atom. The number of fused-ring (bicyclic) bond motifs is 2. The molecule has 0 spiro atoms. The van der Waals surface area contributed by atoms with Crippen molar-refractivity contribution in [2.24, 2.45) is 0 Å². The van der Waals surface area contributed by atoms with Crippen LogP contribution >= 0.6 is 0 Å². The Balaban J connectivity index is 1.48. The molecule has 2 aliphatic rings. The van der Waals surface area contributed by atoms with Crippen molar-refractivity contribution in [2.75, 3.05) is 18.6 Å². The summed E-state index contributed by atoms with van der Waals surface area (Å²) in [6.45, 7) is 0.403. The van der Waals surface area contributed by atoms with Crippen LogP contribution in [0.15, 0.2) is 60.7 Å². The highest BCUT2D eigenvalue weighted by atomic mass is 19.1. The van der Waals surface area contributed by atoms with Gasteiger partial charge in [0.25, 0.3) is 17.7 Å². The molecule has 0 aliphatic carbocycles. The molecule has 0 radical (unpaired) electrons. The van der Waals surface area contributed by atoms with Crippen LogP contribution in [0.1, 0.15) is 48.6 Å². The number of methoxy groups -OCH3 is 1. The van der Waals surface area contributed by atoms with Gasteiger partial charge in [-0.2, -0.15) is 0 Å². The van der Waals surface area contributed by atoms with E-state index in [0.717, 1.165) is 16.9 Å². The van der Waals surface area contributed by atoms with Crippen LogP contribution in [0, 0.1) is 5.82 Å². The molecular weight excluding hydrogens is 423 g/mol. The average molecular weight is 444 g/mol. The Bertz CT molecular complexity index is 1270. The summed E-state index contributed by atoms with van der Waals surface area (Å²) in [6, 6.07) is 16.5. The number of rotatable bonds is 4. The lowest BCUT2D eigenvalue weighted by atomic mass is 9.99. The van der Waals surface area contributed by atoms with Crippen LogP contribution in [0.5, 0.6) is 5.75 Å². The first kappa shape index (κ1) is 20.9. The number of carbonyl (C=O) groups excluding carboxylic acids is 3. The Hall–Kier alpha value is -4.00. The van der Waals surface area contributed by atoms with Crippen molar-refractivity contribution >= 4 is 23.4 Å². The number of aryl methyl sites for hydroxylation is 1. The van der Waals surface area contributed by atoms with Gasteiger partial charge in [-0.1, -0.05) is 30.3 Å². The molecule has 6 nitrogen and oxygen atoms in total. The molecular formula is C26H21FN2O4. The molecule has 0 aromatic heterocycles. The molecule has 3 amide bonds. The average Bonchev–Trinajstić information content (AvgIpc) is 3.08. The highest BCUT2D eigenvalue weighted by molar-refractivity contribution is 6.21. The number of para-hydroxylation sites is 1. The van der Waals surface area contributed by atoms with Crippen molar-refractivity contribution in [1.29, 1.82) is 0 Å². The highest BCUT2D eigenvalue weighted by Gasteiger charge is 2.35. The number of halogens is 1. The number of nitrogens with zero attached hydrogens (tertiary/aromatic N) is 2. The van der Waals surface area contributed by atoms with Crippen molar-refractivity contribution < 1.29 is 23.5 Å². The van der Waals surface area contributed by atoms with Gasteiger partial charge in [-0.25, -0.2) is 4.39 Å². The summed E-state index contributed by atoms with van der Waals surface area (Å²) in [5, 5.41) is 0. The summed E-state index contributed by atoms with van der Waals surface area (Å²) in [4.78, 5) is 41.6. The molecule has 0 saturated carbocycles. The van der Waals surface area contributed by atoms with E-state index in [1.165, 1.54) is 18.1 Å². The quantitative estimate of drug-likeness (QED) is 0.565. The Morgan fingerprint density at radius 1 is 1.00 bits per heavy atom. The predicted molar refractivity (Wildman–Crippen MR) is 120 cm³/mol. The number of hydrogen-bond donors (Lipinski definition) is 0. The maximum atomic E-state index is 14.6.